The third-order valence-corrected chi connectivity index (χ3v) is 8.68. The van der Waals surface area contributed by atoms with E-state index < -0.39 is 36.6 Å². The molecule has 2 aliphatic rings. The maximum absolute atomic E-state index is 6.61. The summed E-state index contributed by atoms with van der Waals surface area (Å²) >= 11 is 0. The zero-order valence-electron chi connectivity index (χ0n) is 24.5. The lowest BCUT2D eigenvalue weighted by Gasteiger charge is -2.32. The van der Waals surface area contributed by atoms with Crippen LogP contribution in [0.5, 0.6) is 0 Å². The number of hydrogen-bond acceptors (Lipinski definition) is 4. The number of benzene rings is 2. The summed E-state index contributed by atoms with van der Waals surface area (Å²) in [6.07, 6.45) is 7.98. The maximum atomic E-state index is 6.61. The van der Waals surface area contributed by atoms with Gasteiger partial charge in [0.05, 0.1) is 22.4 Å². The summed E-state index contributed by atoms with van der Waals surface area (Å²) in [5, 5.41) is 0. The predicted octanol–water partition coefficient (Wildman–Crippen LogP) is 7.37. The van der Waals surface area contributed by atoms with E-state index in [-0.39, 0.29) is 0 Å². The molecular weight excluding hydrogens is 470 g/mol. The van der Waals surface area contributed by atoms with Crippen molar-refractivity contribution in [3.05, 3.63) is 94.9 Å². The summed E-state index contributed by atoms with van der Waals surface area (Å²) in [7, 11) is -0.978. The average Bonchev–Trinajstić information content (AvgIpc) is 3.20. The van der Waals surface area contributed by atoms with Gasteiger partial charge >= 0.3 is 14.2 Å². The Balaban J connectivity index is 1.71. The molecule has 2 fully saturated rings. The highest BCUT2D eigenvalue weighted by Gasteiger charge is 2.56. The van der Waals surface area contributed by atoms with Crippen LogP contribution in [0.3, 0.4) is 0 Å². The minimum absolute atomic E-state index is 0.437. The second-order valence-electron chi connectivity index (χ2n) is 12.6. The van der Waals surface area contributed by atoms with E-state index in [0.29, 0.717) is 0 Å². The first-order valence-corrected chi connectivity index (χ1v) is 14.0. The van der Waals surface area contributed by atoms with Crippen LogP contribution in [0.4, 0.5) is 0 Å². The highest BCUT2D eigenvalue weighted by Crippen LogP contribution is 2.43. The van der Waals surface area contributed by atoms with Gasteiger partial charge < -0.3 is 18.6 Å². The third kappa shape index (κ3) is 6.37. The molecule has 4 rings (SSSR count). The largest absolute Gasteiger partial charge is 0.494 e. The van der Waals surface area contributed by atoms with Gasteiger partial charge in [0.25, 0.3) is 0 Å². The topological polar surface area (TPSA) is 36.9 Å². The number of rotatable bonds is 9. The number of hydrogen-bond donors (Lipinski definition) is 0. The molecule has 6 heteroatoms. The predicted molar refractivity (Wildman–Crippen MR) is 158 cm³/mol. The van der Waals surface area contributed by atoms with Crippen LogP contribution in [0.2, 0.25) is 0 Å². The van der Waals surface area contributed by atoms with E-state index in [9.17, 15) is 0 Å². The Morgan fingerprint density at radius 1 is 0.605 bits per heavy atom. The van der Waals surface area contributed by atoms with Gasteiger partial charge in [-0.2, -0.15) is 0 Å². The Kier molecular flexibility index (Phi) is 8.49. The van der Waals surface area contributed by atoms with Crippen molar-refractivity contribution in [2.75, 3.05) is 0 Å². The average molecular weight is 514 g/mol. The summed E-state index contributed by atoms with van der Waals surface area (Å²) < 4.78 is 26.4. The van der Waals surface area contributed by atoms with Crippen molar-refractivity contribution in [1.82, 2.24) is 0 Å². The fourth-order valence-electron chi connectivity index (χ4n) is 4.72. The Bertz CT molecular complexity index is 1100. The van der Waals surface area contributed by atoms with Crippen LogP contribution in [0, 0.1) is 0 Å². The van der Waals surface area contributed by atoms with E-state index in [1.165, 1.54) is 11.1 Å². The van der Waals surface area contributed by atoms with Gasteiger partial charge in [0, 0.05) is 0 Å². The van der Waals surface area contributed by atoms with Gasteiger partial charge in [-0.25, -0.2) is 0 Å². The van der Waals surface area contributed by atoms with E-state index in [4.69, 9.17) is 18.6 Å². The molecule has 0 N–H and O–H groups in total. The molecule has 38 heavy (non-hydrogen) atoms. The molecular formula is C32H44B2O4. The molecule has 2 saturated heterocycles. The maximum Gasteiger partial charge on any atom is 0.494 e. The SMILES string of the molecule is CC1(C)OB(C(/C=C/CCc2ccccc2)=C(\CCc2ccccc2)B2OC(C)(C)C(C)(C)O2)OC1(C)C. The van der Waals surface area contributed by atoms with Crippen LogP contribution in [-0.4, -0.2) is 36.6 Å². The van der Waals surface area contributed by atoms with E-state index in [2.05, 4.69) is 128 Å². The van der Waals surface area contributed by atoms with Gasteiger partial charge in [0.1, 0.15) is 0 Å². The molecule has 0 aliphatic carbocycles. The molecule has 4 nitrogen and oxygen atoms in total. The van der Waals surface area contributed by atoms with Crippen LogP contribution in [0.1, 0.15) is 79.4 Å². The minimum Gasteiger partial charge on any atom is -0.400 e. The lowest BCUT2D eigenvalue weighted by molar-refractivity contribution is 0.00578. The molecule has 2 aromatic rings. The van der Waals surface area contributed by atoms with Crippen molar-refractivity contribution in [3.63, 3.8) is 0 Å². The lowest BCUT2D eigenvalue weighted by Crippen LogP contribution is -2.41. The fourth-order valence-corrected chi connectivity index (χ4v) is 4.72. The quantitative estimate of drug-likeness (QED) is 0.259. The Morgan fingerprint density at radius 3 is 1.50 bits per heavy atom. The van der Waals surface area contributed by atoms with Gasteiger partial charge in [0.15, 0.2) is 0 Å². The Hall–Kier alpha value is -2.11. The van der Waals surface area contributed by atoms with E-state index in [1.807, 2.05) is 0 Å². The monoisotopic (exact) mass is 514 g/mol. The Labute approximate surface area is 231 Å². The van der Waals surface area contributed by atoms with Gasteiger partial charge in [-0.1, -0.05) is 72.8 Å². The van der Waals surface area contributed by atoms with Gasteiger partial charge in [-0.3, -0.25) is 0 Å². The third-order valence-electron chi connectivity index (χ3n) is 8.68. The van der Waals surface area contributed by atoms with Crippen molar-refractivity contribution in [2.45, 2.75) is 103 Å². The van der Waals surface area contributed by atoms with Crippen molar-refractivity contribution in [1.29, 1.82) is 0 Å². The van der Waals surface area contributed by atoms with E-state index >= 15 is 0 Å². The first-order valence-electron chi connectivity index (χ1n) is 14.0. The summed E-state index contributed by atoms with van der Waals surface area (Å²) in [6, 6.07) is 21.2. The second kappa shape index (κ2) is 11.2. The first kappa shape index (κ1) is 28.9. The highest BCUT2D eigenvalue weighted by molar-refractivity contribution is 6.63. The standard InChI is InChI=1S/C32H44B2O4/c1-29(2)30(3,4)36-33(35-29)27(22-16-15-21-25-17-11-9-12-18-25)28(24-23-26-19-13-10-14-20-26)34-37-31(5,6)32(7,8)38-34/h9-14,16-20,22H,15,21,23-24H2,1-8H3/b22-16+,28-27+. The van der Waals surface area contributed by atoms with Crippen molar-refractivity contribution >= 4 is 14.2 Å². The number of allylic oxidation sites excluding steroid dienone is 4. The summed E-state index contributed by atoms with van der Waals surface area (Å²) in [5.74, 6) is 0. The molecule has 0 saturated carbocycles. The van der Waals surface area contributed by atoms with Crippen LogP contribution in [0.25, 0.3) is 0 Å². The summed E-state index contributed by atoms with van der Waals surface area (Å²) in [6.45, 7) is 16.8. The van der Waals surface area contributed by atoms with Gasteiger partial charge in [-0.15, -0.1) is 0 Å². The van der Waals surface area contributed by atoms with Crippen LogP contribution < -0.4 is 0 Å². The van der Waals surface area contributed by atoms with Gasteiger partial charge in [-0.05, 0) is 103 Å². The lowest BCUT2D eigenvalue weighted by atomic mass is 9.62. The van der Waals surface area contributed by atoms with Crippen LogP contribution in [0.15, 0.2) is 83.8 Å². The second-order valence-corrected chi connectivity index (χ2v) is 12.6. The molecule has 2 heterocycles. The molecule has 0 radical (unpaired) electrons. The zero-order valence-corrected chi connectivity index (χ0v) is 24.5. The molecule has 202 valence electrons. The van der Waals surface area contributed by atoms with Crippen LogP contribution in [-0.2, 0) is 31.5 Å². The smallest absolute Gasteiger partial charge is 0.400 e. The normalized spacial score (nSPS) is 22.2. The van der Waals surface area contributed by atoms with Crippen molar-refractivity contribution in [3.8, 4) is 0 Å². The minimum atomic E-state index is -0.502. The zero-order chi connectivity index (χ0) is 27.6. The Morgan fingerprint density at radius 2 is 1.03 bits per heavy atom. The van der Waals surface area contributed by atoms with E-state index in [1.54, 1.807) is 0 Å². The molecule has 0 amide bonds. The molecule has 0 spiro atoms. The molecule has 0 aromatic heterocycles. The van der Waals surface area contributed by atoms with Crippen molar-refractivity contribution < 1.29 is 18.6 Å². The first-order chi connectivity index (χ1) is 17.8. The molecule has 0 unspecified atom stereocenters. The van der Waals surface area contributed by atoms with E-state index in [0.717, 1.165) is 36.6 Å². The van der Waals surface area contributed by atoms with Crippen molar-refractivity contribution in [2.24, 2.45) is 0 Å². The molecule has 0 atom stereocenters. The molecule has 2 aliphatic heterocycles. The molecule has 2 aromatic carbocycles. The van der Waals surface area contributed by atoms with Crippen LogP contribution >= 0.6 is 0 Å². The summed E-state index contributed by atoms with van der Waals surface area (Å²) in [4.78, 5) is 0. The number of aryl methyl sites for hydroxylation is 2. The molecule has 0 bridgehead atoms. The fraction of sp³-hybridized carbons (Fsp3) is 0.500. The highest BCUT2D eigenvalue weighted by atomic mass is 16.7. The summed E-state index contributed by atoms with van der Waals surface area (Å²) in [5.41, 5.74) is 2.94. The van der Waals surface area contributed by atoms with Gasteiger partial charge in [0.2, 0.25) is 0 Å².